The molecule has 49 heavy (non-hydrogen) atoms. The van der Waals surface area contributed by atoms with Gasteiger partial charge in [-0.15, -0.1) is 0 Å². The molecule has 0 saturated carbocycles. The van der Waals surface area contributed by atoms with Gasteiger partial charge in [-0.2, -0.15) is 0 Å². The molecule has 0 spiro atoms. The van der Waals surface area contributed by atoms with Crippen molar-refractivity contribution in [2.75, 3.05) is 13.2 Å². The number of rotatable bonds is 12. The van der Waals surface area contributed by atoms with E-state index in [1.807, 2.05) is 62.4 Å². The number of benzene rings is 4. The Balaban J connectivity index is 0.00000101. The second-order valence-electron chi connectivity index (χ2n) is 12.8. The van der Waals surface area contributed by atoms with Gasteiger partial charge in [0.25, 0.3) is 0 Å². The molecule has 1 aromatic heterocycles. The summed E-state index contributed by atoms with van der Waals surface area (Å²) >= 11 is 0. The zero-order chi connectivity index (χ0) is 35.6. The molecule has 0 aliphatic rings. The Bertz CT molecular complexity index is 1810. The fourth-order valence-electron chi connectivity index (χ4n) is 5.24. The van der Waals surface area contributed by atoms with E-state index in [0.717, 1.165) is 39.1 Å². The van der Waals surface area contributed by atoms with Crippen molar-refractivity contribution in [3.63, 3.8) is 0 Å². The van der Waals surface area contributed by atoms with Gasteiger partial charge < -0.3 is 19.7 Å². The summed E-state index contributed by atoms with van der Waals surface area (Å²) in [7, 11) is 0. The highest BCUT2D eigenvalue weighted by Gasteiger charge is 2.21. The van der Waals surface area contributed by atoms with Gasteiger partial charge in [-0.05, 0) is 117 Å². The number of aliphatic hydroxyl groups is 1. The van der Waals surface area contributed by atoms with Crippen molar-refractivity contribution < 1.29 is 33.3 Å². The minimum atomic E-state index is -0.934. The predicted octanol–water partition coefficient (Wildman–Crippen LogP) is 8.96. The maximum absolute atomic E-state index is 13.2. The molecular weight excluding hydrogens is 624 g/mol. The molecule has 5 rings (SSSR count). The number of aryl methyl sites for hydroxylation is 2. The number of hydrogen-bond donors (Lipinski definition) is 2. The molecule has 0 fully saturated rings. The largest absolute Gasteiger partial charge is 0.493 e. The standard InChI is InChI=1S/C37H33F2NO4.C4H10O/c1-24-34(23-35(41)42)37(29-9-17-33(18-10-29)44-22-20-27-5-13-31(39)14-6-27)36(25(2)40-24)28-7-15-32(16-8-28)43-21-19-26-3-11-30(38)12-4-26;1-4(2,3)5/h3-18H,19-23H2,1-2H3,(H,41,42);5H,1-3H3. The number of aromatic nitrogens is 1. The minimum absolute atomic E-state index is 0.165. The summed E-state index contributed by atoms with van der Waals surface area (Å²) in [6.07, 6.45) is 1.13. The van der Waals surface area contributed by atoms with Crippen molar-refractivity contribution in [2.24, 2.45) is 0 Å². The zero-order valence-electron chi connectivity index (χ0n) is 28.6. The zero-order valence-corrected chi connectivity index (χ0v) is 28.6. The summed E-state index contributed by atoms with van der Waals surface area (Å²) in [4.78, 5) is 16.6. The fourth-order valence-corrected chi connectivity index (χ4v) is 5.24. The van der Waals surface area contributed by atoms with Gasteiger partial charge in [-0.1, -0.05) is 48.5 Å². The number of hydrogen-bond acceptors (Lipinski definition) is 5. The van der Waals surface area contributed by atoms with Gasteiger partial charge in [0.05, 0.1) is 25.2 Å². The topological polar surface area (TPSA) is 88.9 Å². The molecular formula is C41H43F2NO5. The third-order valence-corrected chi connectivity index (χ3v) is 7.45. The van der Waals surface area contributed by atoms with Crippen molar-refractivity contribution in [3.8, 4) is 33.8 Å². The van der Waals surface area contributed by atoms with Gasteiger partial charge in [0, 0.05) is 29.8 Å². The Morgan fingerprint density at radius 1 is 0.653 bits per heavy atom. The van der Waals surface area contributed by atoms with Crippen LogP contribution in [0.1, 0.15) is 48.8 Å². The maximum Gasteiger partial charge on any atom is 0.307 e. The molecule has 6 nitrogen and oxygen atoms in total. The fraction of sp³-hybridized carbons (Fsp3) is 0.268. The van der Waals surface area contributed by atoms with Crippen LogP contribution in [0.4, 0.5) is 8.78 Å². The van der Waals surface area contributed by atoms with Crippen LogP contribution in [0, 0.1) is 25.5 Å². The van der Waals surface area contributed by atoms with Crippen LogP contribution in [0.25, 0.3) is 22.3 Å². The average molecular weight is 668 g/mol. The number of ether oxygens (including phenoxy) is 2. The van der Waals surface area contributed by atoms with E-state index in [9.17, 15) is 18.7 Å². The third kappa shape index (κ3) is 11.5. The SMILES string of the molecule is CC(C)(C)O.Cc1nc(C)c(-c2ccc(OCCc3ccc(F)cc3)cc2)c(-c2ccc(OCCc3ccc(F)cc3)cc2)c1CC(=O)O. The summed E-state index contributed by atoms with van der Waals surface area (Å²) in [5, 5.41) is 18.3. The third-order valence-electron chi connectivity index (χ3n) is 7.45. The second-order valence-corrected chi connectivity index (χ2v) is 12.8. The lowest BCUT2D eigenvalue weighted by Gasteiger charge is -2.20. The predicted molar refractivity (Wildman–Crippen MR) is 189 cm³/mol. The van der Waals surface area contributed by atoms with Gasteiger partial charge >= 0.3 is 5.97 Å². The van der Waals surface area contributed by atoms with Gasteiger partial charge in [0.15, 0.2) is 0 Å². The first-order chi connectivity index (χ1) is 23.3. The van der Waals surface area contributed by atoms with Gasteiger partial charge in [-0.3, -0.25) is 9.78 Å². The molecule has 5 aromatic rings. The number of pyridine rings is 1. The maximum atomic E-state index is 13.2. The van der Waals surface area contributed by atoms with E-state index in [0.29, 0.717) is 48.8 Å². The summed E-state index contributed by atoms with van der Waals surface area (Å²) in [6.45, 7) is 9.88. The summed E-state index contributed by atoms with van der Waals surface area (Å²) in [6, 6.07) is 28.0. The quantitative estimate of drug-likeness (QED) is 0.138. The Morgan fingerprint density at radius 3 is 1.43 bits per heavy atom. The molecule has 0 unspecified atom stereocenters. The van der Waals surface area contributed by atoms with Crippen molar-refractivity contribution in [1.82, 2.24) is 4.98 Å². The first-order valence-corrected chi connectivity index (χ1v) is 16.2. The Hall–Kier alpha value is -5.08. The Morgan fingerprint density at radius 2 is 1.04 bits per heavy atom. The highest BCUT2D eigenvalue weighted by Crippen LogP contribution is 2.39. The normalized spacial score (nSPS) is 11.0. The molecule has 1 heterocycles. The number of halogens is 2. The average Bonchev–Trinajstić information content (AvgIpc) is 3.04. The highest BCUT2D eigenvalue weighted by molar-refractivity contribution is 5.90. The second kappa shape index (κ2) is 16.8. The van der Waals surface area contributed by atoms with Crippen LogP contribution in [-0.4, -0.2) is 40.0 Å². The number of carboxylic acid groups (broad SMARTS) is 1. The number of nitrogens with zero attached hydrogens (tertiary/aromatic N) is 1. The van der Waals surface area contributed by atoms with Crippen molar-refractivity contribution >= 4 is 5.97 Å². The molecule has 0 aliphatic heterocycles. The van der Waals surface area contributed by atoms with E-state index in [4.69, 9.17) is 19.6 Å². The highest BCUT2D eigenvalue weighted by atomic mass is 19.1. The summed E-state index contributed by atoms with van der Waals surface area (Å²) in [5.41, 5.74) is 7.01. The lowest BCUT2D eigenvalue weighted by Crippen LogP contribution is -2.10. The first kappa shape index (κ1) is 36.8. The van der Waals surface area contributed by atoms with E-state index < -0.39 is 11.6 Å². The smallest absolute Gasteiger partial charge is 0.307 e. The monoisotopic (exact) mass is 667 g/mol. The van der Waals surface area contributed by atoms with Crippen molar-refractivity contribution in [2.45, 2.75) is 59.5 Å². The van der Waals surface area contributed by atoms with Gasteiger partial charge in [0.2, 0.25) is 0 Å². The molecule has 0 bridgehead atoms. The lowest BCUT2D eigenvalue weighted by atomic mass is 9.87. The van der Waals surface area contributed by atoms with Gasteiger partial charge in [-0.25, -0.2) is 8.78 Å². The van der Waals surface area contributed by atoms with E-state index in [-0.39, 0.29) is 18.1 Å². The van der Waals surface area contributed by atoms with Crippen LogP contribution < -0.4 is 9.47 Å². The van der Waals surface area contributed by atoms with E-state index >= 15 is 0 Å². The molecule has 4 aromatic carbocycles. The van der Waals surface area contributed by atoms with E-state index in [2.05, 4.69) is 0 Å². The number of aliphatic carboxylic acids is 1. The van der Waals surface area contributed by atoms with E-state index in [1.54, 1.807) is 45.0 Å². The van der Waals surface area contributed by atoms with Crippen molar-refractivity contribution in [3.05, 3.63) is 137 Å². The molecule has 2 N–H and O–H groups in total. The number of carbonyl (C=O) groups is 1. The minimum Gasteiger partial charge on any atom is -0.493 e. The molecule has 256 valence electrons. The lowest BCUT2D eigenvalue weighted by molar-refractivity contribution is -0.136. The molecule has 0 radical (unpaired) electrons. The molecule has 0 atom stereocenters. The first-order valence-electron chi connectivity index (χ1n) is 16.2. The molecule has 8 heteroatoms. The van der Waals surface area contributed by atoms with Crippen LogP contribution in [0.15, 0.2) is 97.1 Å². The Kier molecular flexibility index (Phi) is 12.6. The summed E-state index contributed by atoms with van der Waals surface area (Å²) < 4.78 is 38.2. The summed E-state index contributed by atoms with van der Waals surface area (Å²) in [5.74, 6) is -0.0856. The van der Waals surface area contributed by atoms with Crippen LogP contribution >= 0.6 is 0 Å². The van der Waals surface area contributed by atoms with Crippen LogP contribution in [0.2, 0.25) is 0 Å². The van der Waals surface area contributed by atoms with Crippen LogP contribution in [-0.2, 0) is 24.1 Å². The Labute approximate surface area is 287 Å². The van der Waals surface area contributed by atoms with E-state index in [1.165, 1.54) is 24.3 Å². The van der Waals surface area contributed by atoms with Crippen molar-refractivity contribution in [1.29, 1.82) is 0 Å². The molecule has 0 amide bonds. The van der Waals surface area contributed by atoms with Crippen LogP contribution in [0.5, 0.6) is 11.5 Å². The number of carboxylic acids is 1. The molecule has 0 saturated heterocycles. The molecule has 0 aliphatic carbocycles. The van der Waals surface area contributed by atoms with Gasteiger partial charge in [0.1, 0.15) is 23.1 Å². The van der Waals surface area contributed by atoms with Crippen LogP contribution in [0.3, 0.4) is 0 Å².